The second kappa shape index (κ2) is 11.0. The first-order valence-corrected chi connectivity index (χ1v) is 17.9. The van der Waals surface area contributed by atoms with E-state index in [0.29, 0.717) is 0 Å². The van der Waals surface area contributed by atoms with Crippen LogP contribution in [0.5, 0.6) is 0 Å². The highest BCUT2D eigenvalue weighted by Crippen LogP contribution is 2.40. The van der Waals surface area contributed by atoms with Crippen LogP contribution in [0.3, 0.4) is 0 Å². The molecular formula is C45H28N3O2S+. The average Bonchev–Trinajstić information content (AvgIpc) is 3.89. The van der Waals surface area contributed by atoms with Crippen LogP contribution in [0.25, 0.3) is 75.2 Å². The number of para-hydroxylation sites is 3. The summed E-state index contributed by atoms with van der Waals surface area (Å²) in [7, 11) is 0. The number of thiophene rings is 1. The van der Waals surface area contributed by atoms with Crippen LogP contribution in [-0.4, -0.2) is 11.7 Å². The lowest BCUT2D eigenvalue weighted by atomic mass is 10.00. The quantitative estimate of drug-likeness (QED) is 0.195. The van der Waals surface area contributed by atoms with E-state index in [2.05, 4.69) is 132 Å². The van der Waals surface area contributed by atoms with Crippen molar-refractivity contribution in [2.24, 2.45) is 4.99 Å². The number of nitrogens with zero attached hydrogens (tertiary/aromatic N) is 1. The van der Waals surface area contributed by atoms with E-state index in [0.717, 1.165) is 83.4 Å². The SMILES string of the molecule is c1ccc(C2=NC(c3cccc4c3oc3c(-c5ccc6oc7ccccc7c6c5)cccc34)=[NH+]C(c3ccc4sc5ccccc5c4c3)N2)cc1. The molecule has 1 atom stereocenters. The standard InChI is InChI=1S/C45H27N3O2S/c1-2-10-26(11-3-1)43-46-44(28-21-23-40-36(25-28)31-13-5-7-19-39(31)51-40)48-45(47-43)34-17-9-16-33-32-15-8-14-29(41(32)50-42(33)34)27-20-22-38-35(24-27)30-12-4-6-18-37(30)49-38/h1-25,44H,(H,46,47,48)/p+1. The van der Waals surface area contributed by atoms with Crippen molar-refractivity contribution in [1.29, 1.82) is 0 Å². The van der Waals surface area contributed by atoms with E-state index < -0.39 is 0 Å². The molecule has 11 rings (SSSR count). The van der Waals surface area contributed by atoms with E-state index in [4.69, 9.17) is 13.8 Å². The normalized spacial score (nSPS) is 14.9. The second-order valence-corrected chi connectivity index (χ2v) is 14.1. The summed E-state index contributed by atoms with van der Waals surface area (Å²) in [4.78, 5) is 8.96. The summed E-state index contributed by atoms with van der Waals surface area (Å²) < 4.78 is 15.6. The molecule has 0 aliphatic carbocycles. The second-order valence-electron chi connectivity index (χ2n) is 13.0. The molecule has 7 aromatic carbocycles. The third-order valence-corrected chi connectivity index (χ3v) is 11.2. The van der Waals surface area contributed by atoms with Crippen LogP contribution in [0.15, 0.2) is 165 Å². The highest BCUT2D eigenvalue weighted by atomic mass is 32.1. The van der Waals surface area contributed by atoms with Gasteiger partial charge in [-0.2, -0.15) is 0 Å². The minimum absolute atomic E-state index is 0.220. The Hall–Kier alpha value is -6.50. The molecule has 0 saturated heterocycles. The molecule has 0 amide bonds. The molecule has 1 aliphatic rings. The molecule has 4 heterocycles. The van der Waals surface area contributed by atoms with Crippen molar-refractivity contribution in [3.05, 3.63) is 168 Å². The highest BCUT2D eigenvalue weighted by Gasteiger charge is 2.30. The smallest absolute Gasteiger partial charge is 0.331 e. The fourth-order valence-corrected chi connectivity index (χ4v) is 8.67. The van der Waals surface area contributed by atoms with Gasteiger partial charge in [0.1, 0.15) is 22.3 Å². The van der Waals surface area contributed by atoms with Gasteiger partial charge in [-0.15, -0.1) is 11.3 Å². The maximum Gasteiger partial charge on any atom is 0.331 e. The predicted molar refractivity (Wildman–Crippen MR) is 210 cm³/mol. The summed E-state index contributed by atoms with van der Waals surface area (Å²) in [6, 6.07) is 53.0. The Morgan fingerprint density at radius 3 is 2.10 bits per heavy atom. The van der Waals surface area contributed by atoms with Gasteiger partial charge >= 0.3 is 5.84 Å². The topological polar surface area (TPSA) is 64.6 Å². The van der Waals surface area contributed by atoms with Crippen molar-refractivity contribution >= 4 is 87.1 Å². The Morgan fingerprint density at radius 2 is 1.22 bits per heavy atom. The minimum atomic E-state index is -0.220. The lowest BCUT2D eigenvalue weighted by Gasteiger charge is -2.18. The summed E-state index contributed by atoms with van der Waals surface area (Å²) in [6.45, 7) is 0. The molecule has 1 unspecified atom stereocenters. The number of nitrogens with one attached hydrogen (secondary N) is 2. The van der Waals surface area contributed by atoms with Gasteiger partial charge in [0.15, 0.2) is 11.7 Å². The Labute approximate surface area is 295 Å². The van der Waals surface area contributed by atoms with Crippen molar-refractivity contribution in [3.63, 3.8) is 0 Å². The van der Waals surface area contributed by atoms with Crippen molar-refractivity contribution < 1.29 is 13.8 Å². The molecule has 0 fully saturated rings. The zero-order chi connectivity index (χ0) is 33.5. The molecular weight excluding hydrogens is 647 g/mol. The summed E-state index contributed by atoms with van der Waals surface area (Å²) in [5, 5.41) is 10.6. The number of furan rings is 2. The van der Waals surface area contributed by atoms with Gasteiger partial charge in [-0.3, -0.25) is 0 Å². The van der Waals surface area contributed by atoms with Gasteiger partial charge in [0.25, 0.3) is 5.84 Å². The van der Waals surface area contributed by atoms with Crippen molar-refractivity contribution in [2.45, 2.75) is 6.17 Å². The Balaban J connectivity index is 1.09. The summed E-state index contributed by atoms with van der Waals surface area (Å²) in [6.07, 6.45) is -0.220. The number of hydrogen-bond donors (Lipinski definition) is 2. The van der Waals surface area contributed by atoms with Crippen LogP contribution in [0.1, 0.15) is 22.9 Å². The predicted octanol–water partition coefficient (Wildman–Crippen LogP) is 10.1. The largest absolute Gasteiger partial charge is 0.456 e. The first-order valence-electron chi connectivity index (χ1n) is 17.1. The molecule has 5 nitrogen and oxygen atoms in total. The van der Waals surface area contributed by atoms with Crippen LogP contribution in [0, 0.1) is 0 Å². The van der Waals surface area contributed by atoms with Crippen LogP contribution >= 0.6 is 11.3 Å². The number of aliphatic imine (C=N–C) groups is 1. The molecule has 0 saturated carbocycles. The molecule has 0 radical (unpaired) electrons. The molecule has 0 bridgehead atoms. The Kier molecular flexibility index (Phi) is 6.12. The van der Waals surface area contributed by atoms with Crippen LogP contribution < -0.4 is 10.3 Å². The van der Waals surface area contributed by atoms with E-state index >= 15 is 0 Å². The zero-order valence-corrected chi connectivity index (χ0v) is 28.0. The number of fused-ring (bicyclic) bond motifs is 9. The van der Waals surface area contributed by atoms with Gasteiger partial charge in [-0.1, -0.05) is 97.1 Å². The minimum Gasteiger partial charge on any atom is -0.456 e. The van der Waals surface area contributed by atoms with Gasteiger partial charge in [-0.05, 0) is 65.2 Å². The fraction of sp³-hybridized carbons (Fsp3) is 0.0222. The van der Waals surface area contributed by atoms with Gasteiger partial charge in [0.05, 0.1) is 0 Å². The molecule has 10 aromatic rings. The molecule has 0 spiro atoms. The molecule has 1 aliphatic heterocycles. The van der Waals surface area contributed by atoms with E-state index in [1.165, 1.54) is 20.2 Å². The average molecular weight is 675 g/mol. The summed E-state index contributed by atoms with van der Waals surface area (Å²) in [5.74, 6) is 1.56. The Bertz CT molecular complexity index is 3070. The molecule has 6 heteroatoms. The highest BCUT2D eigenvalue weighted by molar-refractivity contribution is 7.25. The van der Waals surface area contributed by atoms with E-state index in [-0.39, 0.29) is 6.17 Å². The first kappa shape index (κ1) is 28.3. The fourth-order valence-electron chi connectivity index (χ4n) is 7.59. The van der Waals surface area contributed by atoms with Crippen LogP contribution in [-0.2, 0) is 0 Å². The number of hydrogen-bond acceptors (Lipinski definition) is 5. The van der Waals surface area contributed by atoms with E-state index in [1.807, 2.05) is 41.7 Å². The van der Waals surface area contributed by atoms with Crippen molar-refractivity contribution in [1.82, 2.24) is 5.32 Å². The maximum atomic E-state index is 6.91. The van der Waals surface area contributed by atoms with Gasteiger partial charge in [-0.25, -0.2) is 4.99 Å². The molecule has 3 aromatic heterocycles. The van der Waals surface area contributed by atoms with E-state index in [1.54, 1.807) is 0 Å². The summed E-state index contributed by atoms with van der Waals surface area (Å²) in [5.41, 5.74) is 8.58. The van der Waals surface area contributed by atoms with Gasteiger partial charge in [0, 0.05) is 58.4 Å². The number of rotatable bonds is 4. The van der Waals surface area contributed by atoms with Crippen molar-refractivity contribution in [3.8, 4) is 11.1 Å². The zero-order valence-electron chi connectivity index (χ0n) is 27.2. The van der Waals surface area contributed by atoms with Crippen LogP contribution in [0.2, 0.25) is 0 Å². The first-order chi connectivity index (χ1) is 25.2. The lowest BCUT2D eigenvalue weighted by molar-refractivity contribution is -0.516. The number of amidine groups is 2. The van der Waals surface area contributed by atoms with Gasteiger partial charge in [0.2, 0.25) is 0 Å². The van der Waals surface area contributed by atoms with Gasteiger partial charge < -0.3 is 14.2 Å². The lowest BCUT2D eigenvalue weighted by Crippen LogP contribution is -2.80. The molecule has 51 heavy (non-hydrogen) atoms. The van der Waals surface area contributed by atoms with Crippen molar-refractivity contribution in [2.75, 3.05) is 0 Å². The monoisotopic (exact) mass is 674 g/mol. The third-order valence-electron chi connectivity index (χ3n) is 10.0. The maximum absolute atomic E-state index is 6.91. The molecule has 240 valence electrons. The van der Waals surface area contributed by atoms with Crippen LogP contribution in [0.4, 0.5) is 0 Å². The Morgan fingerprint density at radius 1 is 0.510 bits per heavy atom. The molecule has 2 N–H and O–H groups in total. The third kappa shape index (κ3) is 4.47. The summed E-state index contributed by atoms with van der Waals surface area (Å²) >= 11 is 1.83. The van der Waals surface area contributed by atoms with E-state index in [9.17, 15) is 0 Å². The number of benzene rings is 7.